The Morgan fingerprint density at radius 3 is 2.93 bits per heavy atom. The van der Waals surface area contributed by atoms with E-state index in [9.17, 15) is 4.79 Å². The fraction of sp³-hybridized carbons (Fsp3) is 0.318. The number of rotatable bonds is 7. The molecule has 1 amide bonds. The highest BCUT2D eigenvalue weighted by Gasteiger charge is 2.26. The molecule has 1 aliphatic heterocycles. The minimum Gasteiger partial charge on any atom is -0.497 e. The number of H-pyrrole nitrogens is 1. The van der Waals surface area contributed by atoms with Crippen molar-refractivity contribution in [3.63, 3.8) is 0 Å². The maximum atomic E-state index is 12.6. The minimum absolute atomic E-state index is 0.0468. The van der Waals surface area contributed by atoms with Crippen LogP contribution in [0.1, 0.15) is 12.0 Å². The van der Waals surface area contributed by atoms with Crippen LogP contribution in [0.2, 0.25) is 0 Å². The van der Waals surface area contributed by atoms with E-state index in [1.165, 1.54) is 0 Å². The summed E-state index contributed by atoms with van der Waals surface area (Å²) in [4.78, 5) is 27.0. The maximum absolute atomic E-state index is 12.6. The first-order valence-corrected chi connectivity index (χ1v) is 9.88. The molecule has 1 aliphatic rings. The lowest BCUT2D eigenvalue weighted by molar-refractivity contribution is -0.121. The average Bonchev–Trinajstić information content (AvgIpc) is 3.46. The first-order valence-electron chi connectivity index (χ1n) is 9.88. The minimum atomic E-state index is -0.0468. The number of nitrogens with zero attached hydrogens (tertiary/aromatic N) is 3. The zero-order valence-electron chi connectivity index (χ0n) is 17.1. The second-order valence-electron chi connectivity index (χ2n) is 7.18. The Hall–Kier alpha value is -3.55. The third-order valence-corrected chi connectivity index (χ3v) is 5.19. The molecule has 2 N–H and O–H groups in total. The van der Waals surface area contributed by atoms with Gasteiger partial charge in [-0.1, -0.05) is 0 Å². The summed E-state index contributed by atoms with van der Waals surface area (Å²) in [5.41, 5.74) is 2.60. The smallest absolute Gasteiger partial charge is 0.225 e. The highest BCUT2D eigenvalue weighted by molar-refractivity contribution is 5.80. The topological polar surface area (TPSA) is 92.4 Å². The third kappa shape index (κ3) is 4.37. The molecule has 30 heavy (non-hydrogen) atoms. The van der Waals surface area contributed by atoms with Crippen molar-refractivity contribution >= 4 is 11.9 Å². The second-order valence-corrected chi connectivity index (χ2v) is 7.18. The average molecular weight is 407 g/mol. The first kappa shape index (κ1) is 19.8. The Labute approximate surface area is 175 Å². The molecule has 0 saturated carbocycles. The summed E-state index contributed by atoms with van der Waals surface area (Å²) in [5, 5.41) is 3.12. The van der Waals surface area contributed by atoms with E-state index < -0.39 is 0 Å². The molecule has 4 rings (SSSR count). The maximum Gasteiger partial charge on any atom is 0.225 e. The molecule has 0 aliphatic carbocycles. The van der Waals surface area contributed by atoms with Gasteiger partial charge in [0.1, 0.15) is 11.5 Å². The molecule has 1 unspecified atom stereocenters. The van der Waals surface area contributed by atoms with E-state index in [1.54, 1.807) is 20.4 Å². The molecule has 3 heterocycles. The van der Waals surface area contributed by atoms with E-state index in [1.807, 2.05) is 42.6 Å². The standard InChI is InChI=1S/C22H25N5O3/c1-29-17-5-6-20(30-2)15(12-17)13-21(28)25-16-8-11-27(14-16)22-24-10-7-19(26-22)18-4-3-9-23-18/h3-7,9-10,12,16,23H,8,11,13-14H2,1-2H3,(H,25,28). The normalized spacial score (nSPS) is 15.8. The van der Waals surface area contributed by atoms with Gasteiger partial charge in [0, 0.05) is 37.1 Å². The molecule has 0 radical (unpaired) electrons. The van der Waals surface area contributed by atoms with Crippen LogP contribution in [-0.4, -0.2) is 54.2 Å². The highest BCUT2D eigenvalue weighted by Crippen LogP contribution is 2.25. The number of aromatic nitrogens is 3. The van der Waals surface area contributed by atoms with Crippen molar-refractivity contribution in [2.45, 2.75) is 18.9 Å². The fourth-order valence-corrected chi connectivity index (χ4v) is 3.67. The summed E-state index contributed by atoms with van der Waals surface area (Å²) in [6, 6.07) is 11.3. The molecule has 0 bridgehead atoms. The van der Waals surface area contributed by atoms with Crippen LogP contribution in [0.4, 0.5) is 5.95 Å². The Bertz CT molecular complexity index is 1010. The molecule has 1 saturated heterocycles. The van der Waals surface area contributed by atoms with Gasteiger partial charge in [0.15, 0.2) is 0 Å². The van der Waals surface area contributed by atoms with Crippen molar-refractivity contribution in [2.75, 3.05) is 32.2 Å². The monoisotopic (exact) mass is 407 g/mol. The highest BCUT2D eigenvalue weighted by atomic mass is 16.5. The number of nitrogens with one attached hydrogen (secondary N) is 2. The number of ether oxygens (including phenoxy) is 2. The van der Waals surface area contributed by atoms with Crippen molar-refractivity contribution in [1.82, 2.24) is 20.3 Å². The number of methoxy groups -OCH3 is 2. The summed E-state index contributed by atoms with van der Waals surface area (Å²) < 4.78 is 10.6. The Kier molecular flexibility index (Phi) is 5.83. The lowest BCUT2D eigenvalue weighted by atomic mass is 10.1. The Balaban J connectivity index is 1.38. The molecule has 1 atom stereocenters. The number of carbonyl (C=O) groups excluding carboxylic acids is 1. The van der Waals surface area contributed by atoms with Gasteiger partial charge in [-0.15, -0.1) is 0 Å². The van der Waals surface area contributed by atoms with Crippen molar-refractivity contribution in [1.29, 1.82) is 0 Å². The van der Waals surface area contributed by atoms with E-state index in [-0.39, 0.29) is 18.4 Å². The quantitative estimate of drug-likeness (QED) is 0.625. The van der Waals surface area contributed by atoms with Gasteiger partial charge in [0.25, 0.3) is 0 Å². The summed E-state index contributed by atoms with van der Waals surface area (Å²) in [6.45, 7) is 1.47. The summed E-state index contributed by atoms with van der Waals surface area (Å²) in [7, 11) is 3.20. The van der Waals surface area contributed by atoms with Crippen LogP contribution in [0.25, 0.3) is 11.4 Å². The predicted molar refractivity (Wildman–Crippen MR) is 114 cm³/mol. The molecule has 1 fully saturated rings. The van der Waals surface area contributed by atoms with Crippen molar-refractivity contribution in [3.05, 3.63) is 54.4 Å². The molecule has 1 aromatic carbocycles. The zero-order chi connectivity index (χ0) is 20.9. The van der Waals surface area contributed by atoms with E-state index in [0.29, 0.717) is 24.0 Å². The third-order valence-electron chi connectivity index (χ3n) is 5.19. The van der Waals surface area contributed by atoms with Gasteiger partial charge in [-0.25, -0.2) is 9.97 Å². The van der Waals surface area contributed by atoms with E-state index in [4.69, 9.17) is 9.47 Å². The number of hydrogen-bond acceptors (Lipinski definition) is 6. The summed E-state index contributed by atoms with van der Waals surface area (Å²) in [6.07, 6.45) is 4.71. The van der Waals surface area contributed by atoms with Crippen LogP contribution < -0.4 is 19.7 Å². The van der Waals surface area contributed by atoms with Crippen molar-refractivity contribution in [2.24, 2.45) is 0 Å². The van der Waals surface area contributed by atoms with Gasteiger partial charge in [-0.3, -0.25) is 4.79 Å². The van der Waals surface area contributed by atoms with E-state index in [2.05, 4.69) is 25.2 Å². The van der Waals surface area contributed by atoms with Crippen molar-refractivity contribution in [3.8, 4) is 22.9 Å². The largest absolute Gasteiger partial charge is 0.497 e. The number of amides is 1. The fourth-order valence-electron chi connectivity index (χ4n) is 3.67. The van der Waals surface area contributed by atoms with E-state index in [0.717, 1.165) is 29.9 Å². The van der Waals surface area contributed by atoms with Gasteiger partial charge >= 0.3 is 0 Å². The van der Waals surface area contributed by atoms with E-state index >= 15 is 0 Å². The zero-order valence-corrected chi connectivity index (χ0v) is 17.1. The number of benzene rings is 1. The van der Waals surface area contributed by atoms with Crippen LogP contribution in [0.15, 0.2) is 48.8 Å². The lowest BCUT2D eigenvalue weighted by Crippen LogP contribution is -2.38. The number of carbonyl (C=O) groups is 1. The molecular weight excluding hydrogens is 382 g/mol. The van der Waals surface area contributed by atoms with Crippen LogP contribution >= 0.6 is 0 Å². The SMILES string of the molecule is COc1ccc(OC)c(CC(=O)NC2CCN(c3nccc(-c4ccc[nH]4)n3)C2)c1. The molecular formula is C22H25N5O3. The first-order chi connectivity index (χ1) is 14.7. The summed E-state index contributed by atoms with van der Waals surface area (Å²) in [5.74, 6) is 2.00. The Morgan fingerprint density at radius 1 is 1.27 bits per heavy atom. The van der Waals surface area contributed by atoms with Gasteiger partial charge in [0.05, 0.1) is 32.0 Å². The van der Waals surface area contributed by atoms with Gasteiger partial charge in [0.2, 0.25) is 11.9 Å². The molecule has 3 aromatic rings. The number of anilines is 1. The van der Waals surface area contributed by atoms with Crippen LogP contribution in [0, 0.1) is 0 Å². The molecule has 2 aromatic heterocycles. The molecule has 0 spiro atoms. The summed E-state index contributed by atoms with van der Waals surface area (Å²) >= 11 is 0. The van der Waals surface area contributed by atoms with Crippen LogP contribution in [-0.2, 0) is 11.2 Å². The van der Waals surface area contributed by atoms with Gasteiger partial charge in [-0.05, 0) is 42.8 Å². The number of aromatic amines is 1. The number of hydrogen-bond donors (Lipinski definition) is 2. The van der Waals surface area contributed by atoms with Gasteiger partial charge < -0.3 is 24.7 Å². The van der Waals surface area contributed by atoms with Crippen molar-refractivity contribution < 1.29 is 14.3 Å². The van der Waals surface area contributed by atoms with Crippen LogP contribution in [0.5, 0.6) is 11.5 Å². The second kappa shape index (κ2) is 8.86. The Morgan fingerprint density at radius 2 is 2.17 bits per heavy atom. The molecule has 8 nitrogen and oxygen atoms in total. The molecule has 156 valence electrons. The van der Waals surface area contributed by atoms with Gasteiger partial charge in [-0.2, -0.15) is 0 Å². The molecule has 8 heteroatoms. The lowest BCUT2D eigenvalue weighted by Gasteiger charge is -2.17. The van der Waals surface area contributed by atoms with Crippen LogP contribution in [0.3, 0.4) is 0 Å². The predicted octanol–water partition coefficient (Wildman–Crippen LogP) is 2.43.